The van der Waals surface area contributed by atoms with E-state index in [1.165, 1.54) is 11.6 Å². The zero-order valence-electron chi connectivity index (χ0n) is 19.4. The van der Waals surface area contributed by atoms with Gasteiger partial charge in [0.2, 0.25) is 0 Å². The first-order valence-corrected chi connectivity index (χ1v) is 12.1. The van der Waals surface area contributed by atoms with Gasteiger partial charge >= 0.3 is 11.7 Å². The Morgan fingerprint density at radius 2 is 1.94 bits per heavy atom. The highest BCUT2D eigenvalue weighted by Gasteiger charge is 2.66. The smallest absolute Gasteiger partial charge is 0.407 e. The number of alkyl carbamates (subject to hydrolysis) is 1. The second-order valence-electron chi connectivity index (χ2n) is 11.0. The lowest BCUT2D eigenvalue weighted by molar-refractivity contribution is -0.178. The van der Waals surface area contributed by atoms with Crippen LogP contribution in [0.3, 0.4) is 0 Å². The molecule has 6 nitrogen and oxygen atoms in total. The van der Waals surface area contributed by atoms with Crippen molar-refractivity contribution >= 4 is 6.09 Å². The molecule has 0 spiro atoms. The summed E-state index contributed by atoms with van der Waals surface area (Å²) in [5.74, 6) is 0.911. The summed E-state index contributed by atoms with van der Waals surface area (Å²) >= 11 is 0. The molecule has 4 aliphatic carbocycles. The Labute approximate surface area is 189 Å². The van der Waals surface area contributed by atoms with Gasteiger partial charge in [0.05, 0.1) is 11.9 Å². The van der Waals surface area contributed by atoms with Crippen molar-refractivity contribution in [2.45, 2.75) is 82.8 Å². The summed E-state index contributed by atoms with van der Waals surface area (Å²) in [6.07, 6.45) is 10.8. The lowest BCUT2D eigenvalue weighted by Gasteiger charge is -2.61. The molecule has 0 unspecified atom stereocenters. The van der Waals surface area contributed by atoms with Crippen LogP contribution in [0, 0.1) is 22.7 Å². The molecule has 174 valence electrons. The molecule has 1 heterocycles. The fourth-order valence-electron chi connectivity index (χ4n) is 8.06. The number of allylic oxidation sites excluding steroid dienone is 1. The minimum absolute atomic E-state index is 0.0557. The van der Waals surface area contributed by atoms with Crippen LogP contribution in [0.25, 0.3) is 0 Å². The number of amides is 1. The van der Waals surface area contributed by atoms with E-state index in [1.807, 2.05) is 6.07 Å². The maximum Gasteiger partial charge on any atom is 0.407 e. The molecule has 1 aromatic heterocycles. The van der Waals surface area contributed by atoms with Gasteiger partial charge in [0.25, 0.3) is 0 Å². The van der Waals surface area contributed by atoms with E-state index in [9.17, 15) is 14.7 Å². The summed E-state index contributed by atoms with van der Waals surface area (Å²) in [5.41, 5.74) is 1.25. The topological polar surface area (TPSA) is 88.8 Å². The highest BCUT2D eigenvalue weighted by atomic mass is 16.6. The number of carbonyl (C=O) groups excluding carboxylic acids is 1. The van der Waals surface area contributed by atoms with Crippen LogP contribution in [0.4, 0.5) is 4.79 Å². The van der Waals surface area contributed by atoms with Gasteiger partial charge in [-0.2, -0.15) is 0 Å². The van der Waals surface area contributed by atoms with Crippen molar-refractivity contribution in [2.24, 2.45) is 22.7 Å². The molecule has 0 aliphatic heterocycles. The van der Waals surface area contributed by atoms with Gasteiger partial charge in [-0.15, -0.1) is 0 Å². The summed E-state index contributed by atoms with van der Waals surface area (Å²) in [4.78, 5) is 23.2. The molecular formula is C26H35NO5. The van der Waals surface area contributed by atoms with Crippen LogP contribution in [-0.4, -0.2) is 30.0 Å². The highest BCUT2D eigenvalue weighted by molar-refractivity contribution is 5.67. The van der Waals surface area contributed by atoms with E-state index in [2.05, 4.69) is 25.2 Å². The second-order valence-corrected chi connectivity index (χ2v) is 11.0. The summed E-state index contributed by atoms with van der Waals surface area (Å²) in [6.45, 7) is 4.63. The van der Waals surface area contributed by atoms with Gasteiger partial charge in [0.15, 0.2) is 0 Å². The number of ether oxygens (including phenoxy) is 1. The van der Waals surface area contributed by atoms with Crippen LogP contribution in [-0.2, 0) is 4.74 Å². The number of fused-ring (bicyclic) bond motifs is 5. The molecule has 0 radical (unpaired) electrons. The molecule has 2 N–H and O–H groups in total. The molecular weight excluding hydrogens is 406 g/mol. The number of carbonyl (C=O) groups is 1. The van der Waals surface area contributed by atoms with E-state index in [0.717, 1.165) is 56.9 Å². The van der Waals surface area contributed by atoms with Crippen molar-refractivity contribution < 1.29 is 19.1 Å². The van der Waals surface area contributed by atoms with Crippen molar-refractivity contribution in [1.82, 2.24) is 5.32 Å². The Hall–Kier alpha value is -2.08. The fourth-order valence-corrected chi connectivity index (χ4v) is 8.06. The first kappa shape index (κ1) is 21.7. The van der Waals surface area contributed by atoms with E-state index in [1.54, 1.807) is 13.3 Å². The van der Waals surface area contributed by atoms with Gasteiger partial charge in [0.1, 0.15) is 6.10 Å². The van der Waals surface area contributed by atoms with Gasteiger partial charge in [-0.1, -0.05) is 19.4 Å². The van der Waals surface area contributed by atoms with E-state index < -0.39 is 5.60 Å². The van der Waals surface area contributed by atoms with Crippen molar-refractivity contribution in [1.29, 1.82) is 0 Å². The quantitative estimate of drug-likeness (QED) is 0.659. The van der Waals surface area contributed by atoms with E-state index in [0.29, 0.717) is 5.92 Å². The lowest BCUT2D eigenvalue weighted by Crippen LogP contribution is -2.60. The largest absolute Gasteiger partial charge is 0.442 e. The third-order valence-electron chi connectivity index (χ3n) is 9.85. The van der Waals surface area contributed by atoms with Crippen LogP contribution < -0.4 is 10.9 Å². The van der Waals surface area contributed by atoms with E-state index in [4.69, 9.17) is 9.15 Å². The minimum Gasteiger partial charge on any atom is -0.442 e. The molecule has 0 aromatic carbocycles. The number of hydrogen-bond donors (Lipinski definition) is 2. The van der Waals surface area contributed by atoms with Crippen LogP contribution in [0.15, 0.2) is 39.3 Å². The van der Waals surface area contributed by atoms with Crippen LogP contribution >= 0.6 is 0 Å². The third kappa shape index (κ3) is 3.01. The third-order valence-corrected chi connectivity index (χ3v) is 9.85. The van der Waals surface area contributed by atoms with Gasteiger partial charge < -0.3 is 19.6 Å². The molecule has 1 amide bonds. The number of rotatable bonds is 2. The first-order valence-electron chi connectivity index (χ1n) is 12.1. The summed E-state index contributed by atoms with van der Waals surface area (Å²) < 4.78 is 10.7. The molecule has 3 saturated carbocycles. The Bertz CT molecular complexity index is 980. The van der Waals surface area contributed by atoms with Gasteiger partial charge in [0, 0.05) is 18.5 Å². The number of hydrogen-bond acceptors (Lipinski definition) is 5. The van der Waals surface area contributed by atoms with Crippen molar-refractivity contribution in [3.05, 3.63) is 46.0 Å². The number of nitrogens with one attached hydrogen (secondary N) is 1. The van der Waals surface area contributed by atoms with Crippen LogP contribution in [0.2, 0.25) is 0 Å². The molecule has 5 rings (SSSR count). The minimum atomic E-state index is -0.708. The van der Waals surface area contributed by atoms with Gasteiger partial charge in [-0.3, -0.25) is 0 Å². The first-order chi connectivity index (χ1) is 15.2. The highest BCUT2D eigenvalue weighted by Crippen LogP contribution is 2.70. The standard InChI is InChI=1S/C26H35NO5/c1-24-11-8-18(32-23(29)27-3)14-17(24)5-6-21-20(24)9-12-25(2)19(10-13-26(21,25)30)16-4-7-22(28)31-15-16/h4,7,14-15,18-21,30H,5-6,8-13H2,1-3H3,(H,27,29)/t18-,19+,20-,21+,24-,25+,26-/m0/s1. The summed E-state index contributed by atoms with van der Waals surface area (Å²) in [6, 6.07) is 3.38. The fraction of sp³-hybridized carbons (Fsp3) is 0.692. The van der Waals surface area contributed by atoms with Crippen molar-refractivity contribution in [3.8, 4) is 0 Å². The lowest BCUT2D eigenvalue weighted by atomic mass is 9.45. The van der Waals surface area contributed by atoms with E-state index >= 15 is 0 Å². The molecule has 7 atom stereocenters. The molecule has 6 heteroatoms. The second kappa shape index (κ2) is 7.47. The SMILES string of the molecule is CNC(=O)O[C@@H]1C=C2CC[C@@H]3[C@H](CC[C@]4(C)[C@@H](c5ccc(=O)oc5)CC[C@]34O)[C@@]2(C)CC1. The zero-order valence-corrected chi connectivity index (χ0v) is 19.4. The molecule has 1 aromatic rings. The normalized spacial score (nSPS) is 42.8. The molecule has 4 aliphatic rings. The van der Waals surface area contributed by atoms with Gasteiger partial charge in [-0.05, 0) is 92.2 Å². The molecule has 0 saturated heterocycles. The number of aliphatic hydroxyl groups is 1. The Morgan fingerprint density at radius 1 is 1.12 bits per heavy atom. The Kier molecular flexibility index (Phi) is 5.08. The molecule has 0 bridgehead atoms. The van der Waals surface area contributed by atoms with Crippen LogP contribution in [0.1, 0.15) is 76.7 Å². The van der Waals surface area contributed by atoms with Crippen LogP contribution in [0.5, 0.6) is 0 Å². The summed E-state index contributed by atoms with van der Waals surface area (Å²) in [7, 11) is 1.59. The zero-order chi connectivity index (χ0) is 22.7. The van der Waals surface area contributed by atoms with Crippen molar-refractivity contribution in [2.75, 3.05) is 7.05 Å². The van der Waals surface area contributed by atoms with Crippen molar-refractivity contribution in [3.63, 3.8) is 0 Å². The monoisotopic (exact) mass is 441 g/mol. The summed E-state index contributed by atoms with van der Waals surface area (Å²) in [5, 5.41) is 14.8. The average Bonchev–Trinajstić information content (AvgIpc) is 3.06. The van der Waals surface area contributed by atoms with Gasteiger partial charge in [-0.25, -0.2) is 9.59 Å². The predicted octanol–water partition coefficient (Wildman–Crippen LogP) is 4.53. The maximum absolute atomic E-state index is 12.3. The average molecular weight is 442 g/mol. The Morgan fingerprint density at radius 3 is 2.66 bits per heavy atom. The maximum atomic E-state index is 12.3. The van der Waals surface area contributed by atoms with E-state index in [-0.39, 0.29) is 40.5 Å². The molecule has 3 fully saturated rings. The Balaban J connectivity index is 1.43. The predicted molar refractivity (Wildman–Crippen MR) is 120 cm³/mol. The molecule has 32 heavy (non-hydrogen) atoms.